The molecule has 9 nitrogen and oxygen atoms in total. The maximum absolute atomic E-state index is 12.1. The fourth-order valence-electron chi connectivity index (χ4n) is 2.13. The second kappa shape index (κ2) is 15.0. The zero-order valence-electron chi connectivity index (χ0n) is 16.1. The molecule has 0 unspecified atom stereocenters. The minimum atomic E-state index is -3.53. The van der Waals surface area contributed by atoms with E-state index in [1.54, 1.807) is 20.2 Å². The first-order valence-corrected chi connectivity index (χ1v) is 9.99. The van der Waals surface area contributed by atoms with E-state index in [0.717, 1.165) is 32.7 Å². The minimum absolute atomic E-state index is 0. The van der Waals surface area contributed by atoms with Crippen molar-refractivity contribution < 1.29 is 13.2 Å². The Morgan fingerprint density at radius 3 is 2.63 bits per heavy atom. The Kier molecular flexibility index (Phi) is 14.4. The van der Waals surface area contributed by atoms with Gasteiger partial charge in [-0.1, -0.05) is 0 Å². The van der Waals surface area contributed by atoms with Crippen LogP contribution in [-0.4, -0.2) is 84.8 Å². The number of sulfonamides is 1. The Morgan fingerprint density at radius 1 is 1.26 bits per heavy atom. The first-order valence-electron chi connectivity index (χ1n) is 8.51. The molecule has 0 fully saturated rings. The Hall–Kier alpha value is -1.02. The molecule has 27 heavy (non-hydrogen) atoms. The molecule has 0 aliphatic rings. The number of hydrogen-bond donors (Lipinski definition) is 3. The highest BCUT2D eigenvalue weighted by Gasteiger charge is 2.12. The van der Waals surface area contributed by atoms with Gasteiger partial charge in [0.2, 0.25) is 10.0 Å². The average Bonchev–Trinajstić information content (AvgIpc) is 2.64. The van der Waals surface area contributed by atoms with Crippen molar-refractivity contribution in [3.63, 3.8) is 0 Å². The summed E-state index contributed by atoms with van der Waals surface area (Å²) in [4.78, 5) is 10.3. The van der Waals surface area contributed by atoms with Gasteiger partial charge in [0, 0.05) is 65.9 Å². The van der Waals surface area contributed by atoms with E-state index >= 15 is 0 Å². The highest BCUT2D eigenvalue weighted by molar-refractivity contribution is 14.0. The van der Waals surface area contributed by atoms with E-state index in [0.29, 0.717) is 12.5 Å². The first-order chi connectivity index (χ1) is 12.5. The molecule has 3 N–H and O–H groups in total. The van der Waals surface area contributed by atoms with Crippen LogP contribution in [0.15, 0.2) is 34.4 Å². The highest BCUT2D eigenvalue weighted by Crippen LogP contribution is 2.04. The number of hydrogen-bond acceptors (Lipinski definition) is 6. The molecule has 1 rings (SSSR count). The number of pyridine rings is 1. The summed E-state index contributed by atoms with van der Waals surface area (Å²) < 4.78 is 31.7. The summed E-state index contributed by atoms with van der Waals surface area (Å²) in [5, 5.41) is 6.28. The van der Waals surface area contributed by atoms with Crippen molar-refractivity contribution in [1.29, 1.82) is 0 Å². The molecule has 0 saturated heterocycles. The van der Waals surface area contributed by atoms with Crippen LogP contribution in [0, 0.1) is 0 Å². The Labute approximate surface area is 179 Å². The second-order valence-corrected chi connectivity index (χ2v) is 7.43. The molecule has 1 aromatic heterocycles. The summed E-state index contributed by atoms with van der Waals surface area (Å²) in [5.41, 5.74) is 0. The minimum Gasteiger partial charge on any atom is -0.385 e. The smallest absolute Gasteiger partial charge is 0.242 e. The van der Waals surface area contributed by atoms with Crippen molar-refractivity contribution in [2.75, 3.05) is 60.5 Å². The van der Waals surface area contributed by atoms with E-state index < -0.39 is 10.0 Å². The van der Waals surface area contributed by atoms with Crippen molar-refractivity contribution in [1.82, 2.24) is 25.2 Å². The third kappa shape index (κ3) is 11.4. The summed E-state index contributed by atoms with van der Waals surface area (Å²) in [6.45, 7) is 4.01. The van der Waals surface area contributed by atoms with Crippen LogP contribution in [0.25, 0.3) is 0 Å². The lowest BCUT2D eigenvalue weighted by Crippen LogP contribution is -2.43. The molecule has 156 valence electrons. The van der Waals surface area contributed by atoms with Crippen molar-refractivity contribution >= 4 is 40.0 Å². The molecule has 1 heterocycles. The maximum Gasteiger partial charge on any atom is 0.242 e. The van der Waals surface area contributed by atoms with Gasteiger partial charge in [-0.15, -0.1) is 24.0 Å². The van der Waals surface area contributed by atoms with E-state index in [1.165, 1.54) is 18.5 Å². The molecular formula is C16H31IN6O3S. The van der Waals surface area contributed by atoms with Crippen LogP contribution < -0.4 is 15.4 Å². The highest BCUT2D eigenvalue weighted by atomic mass is 127. The van der Waals surface area contributed by atoms with Gasteiger partial charge in [-0.2, -0.15) is 0 Å². The molecule has 0 bridgehead atoms. The molecule has 0 aliphatic carbocycles. The van der Waals surface area contributed by atoms with Crippen LogP contribution >= 0.6 is 24.0 Å². The number of ether oxygens (including phenoxy) is 1. The number of nitrogens with zero attached hydrogens (tertiary/aromatic N) is 3. The Morgan fingerprint density at radius 2 is 2.00 bits per heavy atom. The topological polar surface area (TPSA) is 108 Å². The van der Waals surface area contributed by atoms with E-state index in [2.05, 4.69) is 37.3 Å². The van der Waals surface area contributed by atoms with E-state index in [-0.39, 0.29) is 35.4 Å². The second-order valence-electron chi connectivity index (χ2n) is 5.66. The Balaban J connectivity index is 0.00000676. The van der Waals surface area contributed by atoms with Gasteiger partial charge in [0.15, 0.2) is 5.96 Å². The molecular weight excluding hydrogens is 483 g/mol. The van der Waals surface area contributed by atoms with Gasteiger partial charge >= 0.3 is 0 Å². The lowest BCUT2D eigenvalue weighted by Gasteiger charge is -2.18. The predicted octanol–water partition coefficient (Wildman–Crippen LogP) is 0.111. The predicted molar refractivity (Wildman–Crippen MR) is 118 cm³/mol. The van der Waals surface area contributed by atoms with Crippen molar-refractivity contribution in [2.45, 2.75) is 11.3 Å². The van der Waals surface area contributed by atoms with Gasteiger partial charge < -0.3 is 20.3 Å². The van der Waals surface area contributed by atoms with Gasteiger partial charge in [-0.25, -0.2) is 13.1 Å². The normalized spacial score (nSPS) is 11.9. The van der Waals surface area contributed by atoms with Gasteiger partial charge in [0.1, 0.15) is 4.90 Å². The fraction of sp³-hybridized carbons (Fsp3) is 0.625. The monoisotopic (exact) mass is 514 g/mol. The molecule has 0 aliphatic heterocycles. The molecule has 11 heteroatoms. The van der Waals surface area contributed by atoms with Crippen molar-refractivity contribution in [3.05, 3.63) is 24.5 Å². The number of halogens is 1. The Bertz CT molecular complexity index is 630. The molecule has 0 aromatic carbocycles. The van der Waals surface area contributed by atoms with Crippen LogP contribution in [0.4, 0.5) is 0 Å². The van der Waals surface area contributed by atoms with Gasteiger partial charge in [0.05, 0.1) is 0 Å². The number of aromatic nitrogens is 1. The van der Waals surface area contributed by atoms with E-state index in [4.69, 9.17) is 4.74 Å². The number of aliphatic imine (C=N–C) groups is 1. The average molecular weight is 514 g/mol. The summed E-state index contributed by atoms with van der Waals surface area (Å²) in [6, 6.07) is 3.09. The fourth-order valence-corrected chi connectivity index (χ4v) is 3.13. The van der Waals surface area contributed by atoms with Gasteiger partial charge in [-0.05, 0) is 25.6 Å². The van der Waals surface area contributed by atoms with Crippen LogP contribution in [0.3, 0.4) is 0 Å². The number of likely N-dealkylation sites (N-methyl/N-ethyl adjacent to an activating group) is 1. The van der Waals surface area contributed by atoms with Crippen LogP contribution in [0.5, 0.6) is 0 Å². The largest absolute Gasteiger partial charge is 0.385 e. The summed E-state index contributed by atoms with van der Waals surface area (Å²) in [6.07, 6.45) is 3.85. The SMILES string of the molecule is CN=C(NCCNS(=O)(=O)c1cccnc1)NCCN(C)CCCOC.I. The zero-order chi connectivity index (χ0) is 19.3. The standard InChI is InChI=1S/C16H30N6O3S.HI/c1-17-16(20-10-12-22(2)11-5-13-25-3)19-8-9-21-26(23,24)15-6-4-7-18-14-15;/h4,6-7,14,21H,5,8-13H2,1-3H3,(H2,17,19,20);1H. The van der Waals surface area contributed by atoms with Crippen LogP contribution in [0.2, 0.25) is 0 Å². The maximum atomic E-state index is 12.1. The summed E-state index contributed by atoms with van der Waals surface area (Å²) >= 11 is 0. The van der Waals surface area contributed by atoms with Crippen LogP contribution in [-0.2, 0) is 14.8 Å². The first kappa shape index (κ1) is 26.0. The third-order valence-corrected chi connectivity index (χ3v) is 5.00. The zero-order valence-corrected chi connectivity index (χ0v) is 19.3. The van der Waals surface area contributed by atoms with Gasteiger partial charge in [0.25, 0.3) is 0 Å². The molecule has 0 amide bonds. The third-order valence-electron chi connectivity index (χ3n) is 3.55. The number of methoxy groups -OCH3 is 1. The molecule has 0 radical (unpaired) electrons. The quantitative estimate of drug-likeness (QED) is 0.157. The molecule has 1 aromatic rings. The summed E-state index contributed by atoms with van der Waals surface area (Å²) in [7, 11) is 1.90. The van der Waals surface area contributed by atoms with Crippen LogP contribution in [0.1, 0.15) is 6.42 Å². The molecule has 0 atom stereocenters. The number of nitrogens with one attached hydrogen (secondary N) is 3. The van der Waals surface area contributed by atoms with Crippen molar-refractivity contribution in [3.8, 4) is 0 Å². The van der Waals surface area contributed by atoms with E-state index in [9.17, 15) is 8.42 Å². The lowest BCUT2D eigenvalue weighted by molar-refractivity contribution is 0.180. The van der Waals surface area contributed by atoms with Crippen molar-refractivity contribution in [2.24, 2.45) is 4.99 Å². The van der Waals surface area contributed by atoms with E-state index in [1.807, 2.05) is 0 Å². The number of guanidine groups is 1. The van der Waals surface area contributed by atoms with Gasteiger partial charge in [-0.3, -0.25) is 9.98 Å². The number of rotatable bonds is 12. The lowest BCUT2D eigenvalue weighted by atomic mass is 10.4. The summed E-state index contributed by atoms with van der Waals surface area (Å²) in [5.74, 6) is 0.635. The molecule has 0 saturated carbocycles. The molecule has 0 spiro atoms.